The summed E-state index contributed by atoms with van der Waals surface area (Å²) >= 11 is 0. The smallest absolute Gasteiger partial charge is 0.235 e. The minimum absolute atomic E-state index is 0.196. The van der Waals surface area contributed by atoms with Crippen molar-refractivity contribution in [2.75, 3.05) is 37.6 Å². The molecule has 3 aliphatic rings. The zero-order valence-corrected chi connectivity index (χ0v) is 17.5. The van der Waals surface area contributed by atoms with E-state index >= 15 is 0 Å². The second-order valence-electron chi connectivity index (χ2n) is 9.10. The normalized spacial score (nSPS) is 27.9. The van der Waals surface area contributed by atoms with Gasteiger partial charge in [0.2, 0.25) is 11.8 Å². The summed E-state index contributed by atoms with van der Waals surface area (Å²) in [5.74, 6) is -0.0135. The molecule has 2 amide bonds. The molecule has 8 heteroatoms. The first-order valence-corrected chi connectivity index (χ1v) is 11.0. The summed E-state index contributed by atoms with van der Waals surface area (Å²) in [6.45, 7) is 5.37. The Morgan fingerprint density at radius 2 is 1.93 bits per heavy atom. The Balaban J connectivity index is 1.29. The van der Waals surface area contributed by atoms with Crippen molar-refractivity contribution in [3.05, 3.63) is 23.9 Å². The van der Waals surface area contributed by atoms with Crippen molar-refractivity contribution < 1.29 is 9.59 Å². The average molecular weight is 411 g/mol. The number of piperazine rings is 1. The topological polar surface area (TPSA) is 96.5 Å². The van der Waals surface area contributed by atoms with Crippen LogP contribution < -0.4 is 16.0 Å². The van der Waals surface area contributed by atoms with Gasteiger partial charge in [0.1, 0.15) is 0 Å². The van der Waals surface area contributed by atoms with Gasteiger partial charge in [-0.2, -0.15) is 5.10 Å². The van der Waals surface area contributed by atoms with E-state index in [9.17, 15) is 9.59 Å². The number of imide groups is 1. The van der Waals surface area contributed by atoms with E-state index in [1.54, 1.807) is 0 Å². The minimum Gasteiger partial charge on any atom is -0.369 e. The van der Waals surface area contributed by atoms with Gasteiger partial charge < -0.3 is 10.6 Å². The molecule has 0 spiro atoms. The number of hydrogen-bond acceptors (Lipinski definition) is 6. The third kappa shape index (κ3) is 3.58. The molecular weight excluding hydrogens is 380 g/mol. The minimum atomic E-state index is -0.361. The maximum atomic E-state index is 12.3. The van der Waals surface area contributed by atoms with E-state index in [4.69, 9.17) is 5.73 Å². The lowest BCUT2D eigenvalue weighted by molar-refractivity contribution is -0.134. The molecule has 30 heavy (non-hydrogen) atoms. The summed E-state index contributed by atoms with van der Waals surface area (Å²) < 4.78 is 1.86. The molecule has 2 aliphatic heterocycles. The number of anilines is 1. The molecule has 1 unspecified atom stereocenters. The van der Waals surface area contributed by atoms with Crippen LogP contribution in [0.3, 0.4) is 0 Å². The molecule has 2 saturated heterocycles. The number of fused-ring (bicyclic) bond motifs is 1. The molecule has 1 saturated carbocycles. The molecule has 0 radical (unpaired) electrons. The first kappa shape index (κ1) is 19.5. The van der Waals surface area contributed by atoms with Gasteiger partial charge in [0, 0.05) is 63.3 Å². The van der Waals surface area contributed by atoms with Crippen molar-refractivity contribution in [1.29, 1.82) is 0 Å². The van der Waals surface area contributed by atoms with E-state index in [0.29, 0.717) is 18.9 Å². The van der Waals surface area contributed by atoms with Crippen LogP contribution in [0.5, 0.6) is 0 Å². The SMILES string of the molecule is Cn1nc(C2CCC(=O)NC2=O)c2ccc(N3CCN(CC4CC(N)C4)CC3)cc21. The number of rotatable bonds is 4. The number of carbonyl (C=O) groups is 2. The Hall–Kier alpha value is -2.45. The highest BCUT2D eigenvalue weighted by Crippen LogP contribution is 2.32. The van der Waals surface area contributed by atoms with Crippen LogP contribution >= 0.6 is 0 Å². The Kier molecular flexibility index (Phi) is 4.99. The molecule has 1 aromatic heterocycles. The number of hydrogen-bond donors (Lipinski definition) is 2. The maximum absolute atomic E-state index is 12.3. The van der Waals surface area contributed by atoms with Gasteiger partial charge in [0.15, 0.2) is 0 Å². The predicted octanol–water partition coefficient (Wildman–Crippen LogP) is 0.953. The molecule has 3 heterocycles. The Morgan fingerprint density at radius 3 is 2.63 bits per heavy atom. The number of piperidine rings is 1. The number of amides is 2. The number of nitrogens with two attached hydrogens (primary N) is 1. The molecule has 1 atom stereocenters. The second kappa shape index (κ2) is 7.67. The fourth-order valence-electron chi connectivity index (χ4n) is 5.17. The Morgan fingerprint density at radius 1 is 1.17 bits per heavy atom. The molecule has 3 fully saturated rings. The van der Waals surface area contributed by atoms with E-state index in [1.807, 2.05) is 11.7 Å². The van der Waals surface area contributed by atoms with Crippen LogP contribution in [-0.2, 0) is 16.6 Å². The van der Waals surface area contributed by atoms with Gasteiger partial charge in [-0.25, -0.2) is 0 Å². The van der Waals surface area contributed by atoms with Crippen LogP contribution in [0, 0.1) is 5.92 Å². The van der Waals surface area contributed by atoms with Crippen LogP contribution in [0.2, 0.25) is 0 Å². The first-order chi connectivity index (χ1) is 14.5. The lowest BCUT2D eigenvalue weighted by Gasteiger charge is -2.41. The molecule has 160 valence electrons. The van der Waals surface area contributed by atoms with Crippen molar-refractivity contribution in [2.45, 2.75) is 37.6 Å². The van der Waals surface area contributed by atoms with Gasteiger partial charge >= 0.3 is 0 Å². The van der Waals surface area contributed by atoms with Crippen molar-refractivity contribution in [3.8, 4) is 0 Å². The highest BCUT2D eigenvalue weighted by Gasteiger charge is 2.32. The van der Waals surface area contributed by atoms with E-state index in [1.165, 1.54) is 25.1 Å². The van der Waals surface area contributed by atoms with Crippen LogP contribution in [0.25, 0.3) is 10.9 Å². The number of carbonyl (C=O) groups excluding carboxylic acids is 2. The van der Waals surface area contributed by atoms with Gasteiger partial charge in [0.05, 0.1) is 17.1 Å². The predicted molar refractivity (Wildman–Crippen MR) is 115 cm³/mol. The monoisotopic (exact) mass is 410 g/mol. The van der Waals surface area contributed by atoms with Crippen LogP contribution in [0.15, 0.2) is 18.2 Å². The highest BCUT2D eigenvalue weighted by atomic mass is 16.2. The van der Waals surface area contributed by atoms with Crippen molar-refractivity contribution in [3.63, 3.8) is 0 Å². The first-order valence-electron chi connectivity index (χ1n) is 11.0. The summed E-state index contributed by atoms with van der Waals surface area (Å²) in [5, 5.41) is 8.09. The molecule has 5 rings (SSSR count). The number of nitrogens with one attached hydrogen (secondary N) is 1. The molecule has 1 aliphatic carbocycles. The van der Waals surface area contributed by atoms with E-state index < -0.39 is 0 Å². The standard InChI is InChI=1S/C22H30N6O2/c1-26-19-12-16(28-8-6-27(7-9-28)13-14-10-15(23)11-14)2-3-17(19)21(25-26)18-4-5-20(29)24-22(18)30/h2-3,12,14-15,18H,4-11,13,23H2,1H3,(H,24,29,30). The second-order valence-corrected chi connectivity index (χ2v) is 9.10. The Bertz CT molecular complexity index is 971. The van der Waals surface area contributed by atoms with Crippen molar-refractivity contribution >= 4 is 28.4 Å². The van der Waals surface area contributed by atoms with Gasteiger partial charge in [-0.3, -0.25) is 24.5 Å². The van der Waals surface area contributed by atoms with Crippen molar-refractivity contribution in [2.24, 2.45) is 18.7 Å². The lowest BCUT2D eigenvalue weighted by atomic mass is 9.80. The number of benzene rings is 1. The highest BCUT2D eigenvalue weighted by molar-refractivity contribution is 6.02. The largest absolute Gasteiger partial charge is 0.369 e. The third-order valence-electron chi connectivity index (χ3n) is 6.96. The molecule has 8 nitrogen and oxygen atoms in total. The van der Waals surface area contributed by atoms with Crippen molar-refractivity contribution in [1.82, 2.24) is 20.0 Å². The molecular formula is C22H30N6O2. The van der Waals surface area contributed by atoms with Gasteiger partial charge in [-0.1, -0.05) is 0 Å². The zero-order chi connectivity index (χ0) is 20.8. The maximum Gasteiger partial charge on any atom is 0.235 e. The fourth-order valence-corrected chi connectivity index (χ4v) is 5.17. The third-order valence-corrected chi connectivity index (χ3v) is 6.96. The van der Waals surface area contributed by atoms with Gasteiger partial charge in [0.25, 0.3) is 0 Å². The summed E-state index contributed by atoms with van der Waals surface area (Å²) in [6.07, 6.45) is 3.23. The van der Waals surface area contributed by atoms with E-state index in [2.05, 4.69) is 38.4 Å². The van der Waals surface area contributed by atoms with Crippen LogP contribution in [-0.4, -0.2) is 65.3 Å². The quantitative estimate of drug-likeness (QED) is 0.729. The van der Waals surface area contributed by atoms with E-state index in [0.717, 1.165) is 48.7 Å². The summed E-state index contributed by atoms with van der Waals surface area (Å²) in [7, 11) is 1.92. The average Bonchev–Trinajstić information content (AvgIpc) is 3.03. The summed E-state index contributed by atoms with van der Waals surface area (Å²) in [4.78, 5) is 28.8. The fraction of sp³-hybridized carbons (Fsp3) is 0.591. The van der Waals surface area contributed by atoms with E-state index in [-0.39, 0.29) is 17.7 Å². The number of nitrogens with zero attached hydrogens (tertiary/aromatic N) is 4. The molecule has 3 N–H and O–H groups in total. The molecule has 2 aromatic rings. The lowest BCUT2D eigenvalue weighted by Crippen LogP contribution is -2.50. The van der Waals surface area contributed by atoms with Crippen LogP contribution in [0.1, 0.15) is 37.3 Å². The summed E-state index contributed by atoms with van der Waals surface area (Å²) in [5.41, 5.74) is 8.92. The van der Waals surface area contributed by atoms with Gasteiger partial charge in [-0.05, 0) is 43.4 Å². The number of aromatic nitrogens is 2. The number of aryl methyl sites for hydroxylation is 1. The Labute approximate surface area is 176 Å². The summed E-state index contributed by atoms with van der Waals surface area (Å²) in [6, 6.07) is 6.82. The van der Waals surface area contributed by atoms with Crippen LogP contribution in [0.4, 0.5) is 5.69 Å². The zero-order valence-electron chi connectivity index (χ0n) is 17.5. The molecule has 0 bridgehead atoms. The van der Waals surface area contributed by atoms with Gasteiger partial charge in [-0.15, -0.1) is 0 Å². The molecule has 1 aromatic carbocycles.